The topological polar surface area (TPSA) is 61.4 Å². The van der Waals surface area contributed by atoms with Crippen molar-refractivity contribution in [2.45, 2.75) is 31.8 Å². The first-order chi connectivity index (χ1) is 10.1. The van der Waals surface area contributed by atoms with E-state index in [2.05, 4.69) is 10.6 Å². The van der Waals surface area contributed by atoms with Crippen LogP contribution in [0.25, 0.3) is 0 Å². The lowest BCUT2D eigenvalue weighted by Gasteiger charge is -2.26. The van der Waals surface area contributed by atoms with E-state index in [4.69, 9.17) is 0 Å². The molecule has 1 aromatic carbocycles. The largest absolute Gasteiger partial charge is 0.349 e. The Labute approximate surface area is 137 Å². The summed E-state index contributed by atoms with van der Waals surface area (Å²) >= 11 is 0. The highest BCUT2D eigenvalue weighted by molar-refractivity contribution is 5.85. The maximum Gasteiger partial charge on any atom is 0.225 e. The summed E-state index contributed by atoms with van der Waals surface area (Å²) in [5.74, 6) is -0.0619. The normalized spacial score (nSPS) is 18.2. The van der Waals surface area contributed by atoms with Crippen molar-refractivity contribution in [3.05, 3.63) is 35.9 Å². The summed E-state index contributed by atoms with van der Waals surface area (Å²) in [6, 6.07) is 9.61. The SMILES string of the molecule is CC(=O)NC(CC(=O)N(C)C1CCNC1)c1ccccc1.Cl. The van der Waals surface area contributed by atoms with Gasteiger partial charge in [0.2, 0.25) is 11.8 Å². The molecule has 22 heavy (non-hydrogen) atoms. The molecule has 2 amide bonds. The highest BCUT2D eigenvalue weighted by Crippen LogP contribution is 2.19. The van der Waals surface area contributed by atoms with Crippen molar-refractivity contribution in [2.75, 3.05) is 20.1 Å². The van der Waals surface area contributed by atoms with Gasteiger partial charge in [-0.1, -0.05) is 30.3 Å². The summed E-state index contributed by atoms with van der Waals surface area (Å²) in [6.07, 6.45) is 1.27. The quantitative estimate of drug-likeness (QED) is 0.862. The van der Waals surface area contributed by atoms with Crippen LogP contribution in [0.4, 0.5) is 0 Å². The highest BCUT2D eigenvalue weighted by atomic mass is 35.5. The Balaban J connectivity index is 0.00000242. The number of amides is 2. The average Bonchev–Trinajstić information content (AvgIpc) is 3.00. The van der Waals surface area contributed by atoms with Crippen molar-refractivity contribution in [2.24, 2.45) is 0 Å². The van der Waals surface area contributed by atoms with Gasteiger partial charge >= 0.3 is 0 Å². The average molecular weight is 326 g/mol. The van der Waals surface area contributed by atoms with Gasteiger partial charge in [-0.05, 0) is 18.5 Å². The second kappa shape index (κ2) is 8.76. The van der Waals surface area contributed by atoms with Crippen LogP contribution in [0.5, 0.6) is 0 Å². The van der Waals surface area contributed by atoms with E-state index in [0.717, 1.165) is 25.1 Å². The summed E-state index contributed by atoms with van der Waals surface area (Å²) in [6.45, 7) is 3.28. The number of benzene rings is 1. The molecule has 6 heteroatoms. The lowest BCUT2D eigenvalue weighted by Crippen LogP contribution is -2.40. The summed E-state index contributed by atoms with van der Waals surface area (Å²) < 4.78 is 0. The van der Waals surface area contributed by atoms with Gasteiger partial charge in [-0.15, -0.1) is 12.4 Å². The molecule has 1 aromatic rings. The zero-order valence-electron chi connectivity index (χ0n) is 13.0. The van der Waals surface area contributed by atoms with Gasteiger partial charge in [0, 0.05) is 26.6 Å². The third-order valence-electron chi connectivity index (χ3n) is 3.93. The molecule has 2 unspecified atom stereocenters. The number of rotatable bonds is 5. The minimum Gasteiger partial charge on any atom is -0.349 e. The molecule has 0 spiro atoms. The van der Waals surface area contributed by atoms with Gasteiger partial charge in [0.25, 0.3) is 0 Å². The van der Waals surface area contributed by atoms with E-state index in [1.165, 1.54) is 6.92 Å². The van der Waals surface area contributed by atoms with Gasteiger partial charge in [-0.25, -0.2) is 0 Å². The van der Waals surface area contributed by atoms with Gasteiger partial charge < -0.3 is 15.5 Å². The second-order valence-electron chi connectivity index (χ2n) is 5.52. The van der Waals surface area contributed by atoms with Crippen molar-refractivity contribution in [3.63, 3.8) is 0 Å². The fourth-order valence-corrected chi connectivity index (χ4v) is 2.68. The maximum atomic E-state index is 12.4. The first-order valence-corrected chi connectivity index (χ1v) is 7.36. The van der Waals surface area contributed by atoms with Crippen molar-refractivity contribution >= 4 is 24.2 Å². The molecule has 1 aliphatic heterocycles. The number of nitrogens with one attached hydrogen (secondary N) is 2. The van der Waals surface area contributed by atoms with E-state index in [0.29, 0.717) is 0 Å². The zero-order chi connectivity index (χ0) is 15.2. The Morgan fingerprint density at radius 2 is 2.05 bits per heavy atom. The number of hydrogen-bond donors (Lipinski definition) is 2. The lowest BCUT2D eigenvalue weighted by atomic mass is 10.0. The van der Waals surface area contributed by atoms with E-state index < -0.39 is 0 Å². The lowest BCUT2D eigenvalue weighted by molar-refractivity contribution is -0.132. The molecule has 0 aromatic heterocycles. The molecule has 1 fully saturated rings. The monoisotopic (exact) mass is 325 g/mol. The molecule has 1 heterocycles. The van der Waals surface area contributed by atoms with E-state index in [1.54, 1.807) is 4.90 Å². The van der Waals surface area contributed by atoms with Crippen LogP contribution in [0.1, 0.15) is 31.4 Å². The van der Waals surface area contributed by atoms with Crippen LogP contribution in [0.15, 0.2) is 30.3 Å². The van der Waals surface area contributed by atoms with Gasteiger partial charge in [0.1, 0.15) is 0 Å². The van der Waals surface area contributed by atoms with Crippen LogP contribution < -0.4 is 10.6 Å². The summed E-state index contributed by atoms with van der Waals surface area (Å²) in [5.41, 5.74) is 0.957. The van der Waals surface area contributed by atoms with E-state index >= 15 is 0 Å². The third-order valence-corrected chi connectivity index (χ3v) is 3.93. The fourth-order valence-electron chi connectivity index (χ4n) is 2.68. The van der Waals surface area contributed by atoms with Crippen LogP contribution >= 0.6 is 12.4 Å². The van der Waals surface area contributed by atoms with Gasteiger partial charge in [-0.3, -0.25) is 9.59 Å². The summed E-state index contributed by atoms with van der Waals surface area (Å²) in [4.78, 5) is 25.6. The van der Waals surface area contributed by atoms with Crippen molar-refractivity contribution in [1.29, 1.82) is 0 Å². The molecule has 5 nitrogen and oxygen atoms in total. The maximum absolute atomic E-state index is 12.4. The number of hydrogen-bond acceptors (Lipinski definition) is 3. The van der Waals surface area contributed by atoms with Gasteiger partial charge in [0.15, 0.2) is 0 Å². The number of likely N-dealkylation sites (N-methyl/N-ethyl adjacent to an activating group) is 1. The van der Waals surface area contributed by atoms with Crippen LogP contribution in [-0.4, -0.2) is 42.9 Å². The number of halogens is 1. The molecule has 1 saturated heterocycles. The second-order valence-corrected chi connectivity index (χ2v) is 5.52. The van der Waals surface area contributed by atoms with E-state index in [-0.39, 0.29) is 42.7 Å². The highest BCUT2D eigenvalue weighted by Gasteiger charge is 2.25. The third kappa shape index (κ3) is 5.00. The Kier molecular flexibility index (Phi) is 7.35. The Morgan fingerprint density at radius 1 is 1.36 bits per heavy atom. The predicted octanol–water partition coefficient (Wildman–Crippen LogP) is 1.50. The van der Waals surface area contributed by atoms with Crippen LogP contribution in [-0.2, 0) is 9.59 Å². The van der Waals surface area contributed by atoms with Gasteiger partial charge in [0.05, 0.1) is 12.5 Å². The molecule has 2 N–H and O–H groups in total. The molecule has 0 aliphatic carbocycles. The van der Waals surface area contributed by atoms with Crippen molar-refractivity contribution in [3.8, 4) is 0 Å². The molecule has 122 valence electrons. The first kappa shape index (κ1) is 18.5. The summed E-state index contributed by atoms with van der Waals surface area (Å²) in [7, 11) is 1.84. The molecular formula is C16H24ClN3O2. The number of carbonyl (C=O) groups excluding carboxylic acids is 2. The zero-order valence-corrected chi connectivity index (χ0v) is 13.9. The first-order valence-electron chi connectivity index (χ1n) is 7.36. The Bertz CT molecular complexity index is 489. The predicted molar refractivity (Wildman–Crippen MR) is 88.9 cm³/mol. The van der Waals surface area contributed by atoms with E-state index in [9.17, 15) is 9.59 Å². The number of nitrogens with zero attached hydrogens (tertiary/aromatic N) is 1. The van der Waals surface area contributed by atoms with Crippen molar-refractivity contribution in [1.82, 2.24) is 15.5 Å². The standard InChI is InChI=1S/C16H23N3O2.ClH/c1-12(20)18-15(13-6-4-3-5-7-13)10-16(21)19(2)14-8-9-17-11-14;/h3-7,14-15,17H,8-11H2,1-2H3,(H,18,20);1H. The smallest absolute Gasteiger partial charge is 0.225 e. The molecular weight excluding hydrogens is 302 g/mol. The van der Waals surface area contributed by atoms with E-state index in [1.807, 2.05) is 37.4 Å². The molecule has 0 saturated carbocycles. The fraction of sp³-hybridized carbons (Fsp3) is 0.500. The molecule has 2 atom stereocenters. The van der Waals surface area contributed by atoms with Crippen LogP contribution in [0, 0.1) is 0 Å². The number of carbonyl (C=O) groups is 2. The molecule has 1 aliphatic rings. The van der Waals surface area contributed by atoms with Crippen LogP contribution in [0.2, 0.25) is 0 Å². The minimum absolute atomic E-state index is 0. The Hall–Kier alpha value is -1.59. The molecule has 0 bridgehead atoms. The Morgan fingerprint density at radius 3 is 2.59 bits per heavy atom. The van der Waals surface area contributed by atoms with Crippen molar-refractivity contribution < 1.29 is 9.59 Å². The minimum atomic E-state index is -0.270. The van der Waals surface area contributed by atoms with Gasteiger partial charge in [-0.2, -0.15) is 0 Å². The van der Waals surface area contributed by atoms with Crippen LogP contribution in [0.3, 0.4) is 0 Å². The summed E-state index contributed by atoms with van der Waals surface area (Å²) in [5, 5.41) is 6.13. The molecule has 2 rings (SSSR count). The molecule has 0 radical (unpaired) electrons.